The van der Waals surface area contributed by atoms with Crippen LogP contribution < -0.4 is 10.6 Å². The maximum Gasteiger partial charge on any atom is 0.321 e. The summed E-state index contributed by atoms with van der Waals surface area (Å²) >= 11 is 3.03. The van der Waals surface area contributed by atoms with E-state index in [0.29, 0.717) is 11.2 Å². The van der Waals surface area contributed by atoms with Crippen LogP contribution in [0, 0.1) is 0 Å². The standard InChI is InChI=1S/C20H21N5O2S2/c1-21-19(27)22-18(26)17(13-6-3-2-4-7-13)29-20-24-23-16(25(20)14-9-10-14)12-15-8-5-11-28-15/h2-8,11,14,17H,9-10,12H2,1H3,(H2,21,22,26,27)/t17-/m0/s1. The average Bonchev–Trinajstić information content (AvgIpc) is 3.29. The third-order valence-electron chi connectivity index (χ3n) is 4.59. The molecule has 1 aliphatic rings. The molecule has 4 rings (SSSR count). The molecule has 7 nitrogen and oxygen atoms in total. The topological polar surface area (TPSA) is 88.9 Å². The number of hydrogen-bond donors (Lipinski definition) is 2. The summed E-state index contributed by atoms with van der Waals surface area (Å²) in [5.41, 5.74) is 0.809. The number of carbonyl (C=O) groups excluding carboxylic acids is 2. The normalized spacial score (nSPS) is 14.4. The van der Waals surface area contributed by atoms with E-state index in [1.807, 2.05) is 36.4 Å². The van der Waals surface area contributed by atoms with Gasteiger partial charge in [0.2, 0.25) is 5.91 Å². The van der Waals surface area contributed by atoms with E-state index < -0.39 is 11.3 Å². The molecule has 3 amide bonds. The Bertz CT molecular complexity index is 984. The number of aromatic nitrogens is 3. The Morgan fingerprint density at radius 3 is 2.66 bits per heavy atom. The summed E-state index contributed by atoms with van der Waals surface area (Å²) < 4.78 is 2.16. The minimum Gasteiger partial charge on any atom is -0.341 e. The number of benzene rings is 1. The highest BCUT2D eigenvalue weighted by molar-refractivity contribution is 8.00. The van der Waals surface area contributed by atoms with Gasteiger partial charge in [0.1, 0.15) is 11.1 Å². The van der Waals surface area contributed by atoms with Crippen LogP contribution >= 0.6 is 23.1 Å². The molecular formula is C20H21N5O2S2. The molecule has 2 aromatic heterocycles. The van der Waals surface area contributed by atoms with Crippen molar-refractivity contribution in [2.75, 3.05) is 7.05 Å². The van der Waals surface area contributed by atoms with Crippen LogP contribution in [0.25, 0.3) is 0 Å². The zero-order valence-electron chi connectivity index (χ0n) is 15.9. The molecule has 0 bridgehead atoms. The van der Waals surface area contributed by atoms with E-state index in [0.717, 1.165) is 30.7 Å². The Labute approximate surface area is 176 Å². The molecule has 0 aliphatic heterocycles. The third kappa shape index (κ3) is 4.68. The number of nitrogens with zero attached hydrogens (tertiary/aromatic N) is 3. The van der Waals surface area contributed by atoms with E-state index in [-0.39, 0.29) is 5.91 Å². The molecule has 0 spiro atoms. The van der Waals surface area contributed by atoms with Crippen molar-refractivity contribution in [1.29, 1.82) is 0 Å². The van der Waals surface area contributed by atoms with Crippen LogP contribution in [0.3, 0.4) is 0 Å². The van der Waals surface area contributed by atoms with Gasteiger partial charge in [-0.15, -0.1) is 21.5 Å². The summed E-state index contributed by atoms with van der Waals surface area (Å²) in [6.45, 7) is 0. The second-order valence-electron chi connectivity index (χ2n) is 6.73. The molecule has 2 N–H and O–H groups in total. The lowest BCUT2D eigenvalue weighted by atomic mass is 10.1. The second kappa shape index (κ2) is 8.79. The number of carbonyl (C=O) groups is 2. The summed E-state index contributed by atoms with van der Waals surface area (Å²) in [4.78, 5) is 25.8. The van der Waals surface area contributed by atoms with E-state index in [9.17, 15) is 9.59 Å². The van der Waals surface area contributed by atoms with Gasteiger partial charge in [-0.3, -0.25) is 10.1 Å². The highest BCUT2D eigenvalue weighted by Gasteiger charge is 2.33. The van der Waals surface area contributed by atoms with Gasteiger partial charge in [0, 0.05) is 24.4 Å². The summed E-state index contributed by atoms with van der Waals surface area (Å²) in [7, 11) is 1.48. The molecule has 1 fully saturated rings. The van der Waals surface area contributed by atoms with Gasteiger partial charge in [0.05, 0.1) is 0 Å². The number of rotatable bonds is 7. The van der Waals surface area contributed by atoms with Crippen molar-refractivity contribution >= 4 is 35.0 Å². The fraction of sp³-hybridized carbons (Fsp3) is 0.300. The minimum absolute atomic E-state index is 0.376. The molecule has 1 aliphatic carbocycles. The van der Waals surface area contributed by atoms with E-state index >= 15 is 0 Å². The molecule has 0 unspecified atom stereocenters. The van der Waals surface area contributed by atoms with Gasteiger partial charge in [-0.05, 0) is 29.9 Å². The first-order chi connectivity index (χ1) is 14.2. The van der Waals surface area contributed by atoms with Gasteiger partial charge in [-0.1, -0.05) is 48.2 Å². The minimum atomic E-state index is -0.607. The maximum atomic E-state index is 12.8. The highest BCUT2D eigenvalue weighted by Crippen LogP contribution is 2.42. The lowest BCUT2D eigenvalue weighted by molar-refractivity contribution is -0.119. The summed E-state index contributed by atoms with van der Waals surface area (Å²) in [5.74, 6) is 0.529. The summed E-state index contributed by atoms with van der Waals surface area (Å²) in [6.07, 6.45) is 2.90. The first-order valence-electron chi connectivity index (χ1n) is 9.36. The van der Waals surface area contributed by atoms with Gasteiger partial charge < -0.3 is 9.88 Å². The Balaban J connectivity index is 1.62. The molecule has 29 heavy (non-hydrogen) atoms. The van der Waals surface area contributed by atoms with Crippen molar-refractivity contribution in [1.82, 2.24) is 25.4 Å². The Morgan fingerprint density at radius 1 is 1.21 bits per heavy atom. The van der Waals surface area contributed by atoms with Crippen molar-refractivity contribution in [3.05, 3.63) is 64.1 Å². The second-order valence-corrected chi connectivity index (χ2v) is 8.84. The summed E-state index contributed by atoms with van der Waals surface area (Å²) in [5, 5.41) is 15.8. The van der Waals surface area contributed by atoms with E-state index in [1.54, 1.807) is 11.3 Å². The number of nitrogens with one attached hydrogen (secondary N) is 2. The molecule has 1 atom stereocenters. The van der Waals surface area contributed by atoms with Crippen molar-refractivity contribution in [3.63, 3.8) is 0 Å². The van der Waals surface area contributed by atoms with Crippen LogP contribution in [0.15, 0.2) is 53.0 Å². The predicted octanol–water partition coefficient (Wildman–Crippen LogP) is 3.55. The van der Waals surface area contributed by atoms with Crippen molar-refractivity contribution in [3.8, 4) is 0 Å². The van der Waals surface area contributed by atoms with Crippen LogP contribution in [-0.4, -0.2) is 33.8 Å². The lowest BCUT2D eigenvalue weighted by Gasteiger charge is -2.17. The molecule has 150 valence electrons. The SMILES string of the molecule is CNC(=O)NC(=O)[C@@H](Sc1nnc(Cc2cccs2)n1C1CC1)c1ccccc1. The van der Waals surface area contributed by atoms with Gasteiger partial charge >= 0.3 is 6.03 Å². The highest BCUT2D eigenvalue weighted by atomic mass is 32.2. The lowest BCUT2D eigenvalue weighted by Crippen LogP contribution is -2.39. The molecule has 9 heteroatoms. The van der Waals surface area contributed by atoms with Crippen molar-refractivity contribution < 1.29 is 9.59 Å². The Hall–Kier alpha value is -2.65. The van der Waals surface area contributed by atoms with Gasteiger partial charge in [-0.2, -0.15) is 0 Å². The quantitative estimate of drug-likeness (QED) is 0.563. The van der Waals surface area contributed by atoms with Crippen LogP contribution in [-0.2, 0) is 11.2 Å². The Morgan fingerprint density at radius 2 is 2.00 bits per heavy atom. The zero-order chi connectivity index (χ0) is 20.2. The number of urea groups is 1. The largest absolute Gasteiger partial charge is 0.341 e. The average molecular weight is 428 g/mol. The fourth-order valence-electron chi connectivity index (χ4n) is 3.02. The van der Waals surface area contributed by atoms with Crippen molar-refractivity contribution in [2.24, 2.45) is 0 Å². The number of thioether (sulfide) groups is 1. The number of imide groups is 1. The van der Waals surface area contributed by atoms with E-state index in [1.165, 1.54) is 23.7 Å². The van der Waals surface area contributed by atoms with E-state index in [2.05, 4.69) is 36.8 Å². The number of hydrogen-bond acceptors (Lipinski definition) is 6. The molecule has 0 saturated heterocycles. The van der Waals surface area contributed by atoms with Crippen LogP contribution in [0.1, 0.15) is 40.4 Å². The third-order valence-corrected chi connectivity index (χ3v) is 6.67. The van der Waals surface area contributed by atoms with Crippen LogP contribution in [0.2, 0.25) is 0 Å². The molecule has 0 radical (unpaired) electrons. The molecular weight excluding hydrogens is 406 g/mol. The van der Waals surface area contributed by atoms with Gasteiger partial charge in [0.25, 0.3) is 0 Å². The fourth-order valence-corrected chi connectivity index (χ4v) is 4.85. The first-order valence-corrected chi connectivity index (χ1v) is 11.1. The van der Waals surface area contributed by atoms with Crippen LogP contribution in [0.5, 0.6) is 0 Å². The van der Waals surface area contributed by atoms with Crippen LogP contribution in [0.4, 0.5) is 4.79 Å². The first kappa shape index (κ1) is 19.7. The molecule has 1 aromatic carbocycles. The van der Waals surface area contributed by atoms with E-state index in [4.69, 9.17) is 0 Å². The maximum absolute atomic E-state index is 12.8. The van der Waals surface area contributed by atoms with Gasteiger partial charge in [-0.25, -0.2) is 4.79 Å². The number of amides is 3. The number of thiophene rings is 1. The predicted molar refractivity (Wildman–Crippen MR) is 113 cm³/mol. The molecule has 2 heterocycles. The Kier molecular flexibility index (Phi) is 5.96. The smallest absolute Gasteiger partial charge is 0.321 e. The summed E-state index contributed by atoms with van der Waals surface area (Å²) in [6, 6.07) is 13.4. The molecule has 1 saturated carbocycles. The van der Waals surface area contributed by atoms with Crippen molar-refractivity contribution in [2.45, 2.75) is 35.7 Å². The monoisotopic (exact) mass is 427 g/mol. The molecule has 3 aromatic rings. The zero-order valence-corrected chi connectivity index (χ0v) is 17.5. The van der Waals surface area contributed by atoms with Gasteiger partial charge in [0.15, 0.2) is 5.16 Å².